The van der Waals surface area contributed by atoms with Crippen LogP contribution in [0.15, 0.2) is 0 Å². The van der Waals surface area contributed by atoms with Gasteiger partial charge in [0.2, 0.25) is 11.8 Å². The van der Waals surface area contributed by atoms with E-state index in [2.05, 4.69) is 24.5 Å². The average Bonchev–Trinajstić information content (AvgIpc) is 3.14. The molecule has 0 rings (SSSR count). The number of hydrogen-bond acceptors (Lipinski definition) is 6. The fourth-order valence-corrected chi connectivity index (χ4v) is 7.05. The highest BCUT2D eigenvalue weighted by Crippen LogP contribution is 2.16. The quantitative estimate of drug-likeness (QED) is 0.0395. The number of aliphatic hydroxyl groups is 3. The van der Waals surface area contributed by atoms with E-state index in [9.17, 15) is 29.7 Å². The van der Waals surface area contributed by atoms with Crippen LogP contribution in [0.25, 0.3) is 0 Å². The Labute approximate surface area is 327 Å². The van der Waals surface area contributed by atoms with Gasteiger partial charge in [-0.1, -0.05) is 162 Å². The summed E-state index contributed by atoms with van der Waals surface area (Å²) in [6, 6.07) is -0.330. The molecule has 4 atom stereocenters. The van der Waals surface area contributed by atoms with Crippen molar-refractivity contribution < 1.29 is 29.7 Å². The lowest BCUT2D eigenvalue weighted by atomic mass is 10.0. The Balaban J connectivity index is 4.09. The molecule has 0 aromatic rings. The second-order valence-electron chi connectivity index (χ2n) is 16.2. The summed E-state index contributed by atoms with van der Waals surface area (Å²) in [6.07, 6.45) is 32.9. The summed E-state index contributed by atoms with van der Waals surface area (Å²) in [6.45, 7) is 6.56. The Bertz CT molecular complexity index is 786. The summed E-state index contributed by atoms with van der Waals surface area (Å²) >= 11 is 0. The summed E-state index contributed by atoms with van der Waals surface area (Å²) in [5.74, 6) is -0.0659. The molecule has 0 aromatic carbocycles. The molecule has 0 radical (unpaired) electrons. The predicted octanol–water partition coefficient (Wildman–Crippen LogP) is 10.6. The first-order valence-electron chi connectivity index (χ1n) is 22.8. The Kier molecular flexibility index (Phi) is 37.6. The predicted molar refractivity (Wildman–Crippen MR) is 222 cm³/mol. The van der Waals surface area contributed by atoms with Crippen LogP contribution in [0, 0.1) is 0 Å². The molecule has 8 nitrogen and oxygen atoms in total. The van der Waals surface area contributed by atoms with Crippen LogP contribution in [0.4, 0.5) is 0 Å². The van der Waals surface area contributed by atoms with Crippen LogP contribution < -0.4 is 10.6 Å². The van der Waals surface area contributed by atoms with Crippen LogP contribution in [-0.4, -0.2) is 63.8 Å². The standard InChI is InChI=1S/C45H88N2O6/c1-4-7-9-23-29-41(49)31-25-19-15-11-12-17-21-27-33-43(51)36-35-39(47-45(53)37-40(48)6-3)38-46-44(52)34-28-22-18-14-13-16-20-26-32-42(50)30-24-10-8-5-2/h39-42,48-50H,4-38H2,1-3H3,(H,46,52)(H,47,53). The van der Waals surface area contributed by atoms with Crippen molar-refractivity contribution in [3.05, 3.63) is 0 Å². The highest BCUT2D eigenvalue weighted by Gasteiger charge is 2.17. The van der Waals surface area contributed by atoms with E-state index in [0.29, 0.717) is 38.6 Å². The van der Waals surface area contributed by atoms with Gasteiger partial charge < -0.3 is 26.0 Å². The average molecular weight is 753 g/mol. The van der Waals surface area contributed by atoms with Gasteiger partial charge in [0.25, 0.3) is 0 Å². The van der Waals surface area contributed by atoms with Crippen molar-refractivity contribution in [2.24, 2.45) is 0 Å². The lowest BCUT2D eigenvalue weighted by Gasteiger charge is -2.20. The SMILES string of the molecule is CCCCCCC(O)CCCCCCCCCCC(=O)CCC(CNC(=O)CCCCCCCCCCC(O)CCCCCC)NC(=O)CC(O)CC. The van der Waals surface area contributed by atoms with Gasteiger partial charge in [0.1, 0.15) is 5.78 Å². The number of aliphatic hydroxyl groups excluding tert-OH is 3. The molecule has 0 bridgehead atoms. The minimum atomic E-state index is -0.692. The van der Waals surface area contributed by atoms with Crippen molar-refractivity contribution in [3.63, 3.8) is 0 Å². The van der Waals surface area contributed by atoms with E-state index in [-0.39, 0.29) is 42.3 Å². The maximum atomic E-state index is 12.7. The minimum absolute atomic E-state index is 0.0205. The van der Waals surface area contributed by atoms with Crippen LogP contribution in [0.5, 0.6) is 0 Å². The third-order valence-electron chi connectivity index (χ3n) is 10.8. The molecule has 4 unspecified atom stereocenters. The molecule has 0 aromatic heterocycles. The van der Waals surface area contributed by atoms with E-state index in [0.717, 1.165) is 89.9 Å². The molecule has 0 heterocycles. The molecule has 314 valence electrons. The van der Waals surface area contributed by atoms with E-state index in [1.54, 1.807) is 0 Å². The van der Waals surface area contributed by atoms with Crippen molar-refractivity contribution in [3.8, 4) is 0 Å². The lowest BCUT2D eigenvalue weighted by molar-refractivity contribution is -0.125. The van der Waals surface area contributed by atoms with Gasteiger partial charge in [-0.15, -0.1) is 0 Å². The van der Waals surface area contributed by atoms with Crippen LogP contribution in [0.1, 0.15) is 239 Å². The third-order valence-corrected chi connectivity index (χ3v) is 10.8. The van der Waals surface area contributed by atoms with Gasteiger partial charge in [-0.05, 0) is 51.4 Å². The van der Waals surface area contributed by atoms with Crippen molar-refractivity contribution in [2.45, 2.75) is 263 Å². The fraction of sp³-hybridized carbons (Fsp3) is 0.933. The third kappa shape index (κ3) is 37.2. The molecule has 8 heteroatoms. The van der Waals surface area contributed by atoms with Gasteiger partial charge in [-0.3, -0.25) is 14.4 Å². The normalized spacial score (nSPS) is 13.8. The molecule has 0 saturated heterocycles. The number of carbonyl (C=O) groups is 3. The molecule has 0 aliphatic rings. The molecule has 0 fully saturated rings. The number of amides is 2. The van der Waals surface area contributed by atoms with Crippen LogP contribution in [-0.2, 0) is 14.4 Å². The van der Waals surface area contributed by atoms with E-state index in [1.807, 2.05) is 6.92 Å². The zero-order chi connectivity index (χ0) is 39.2. The number of Topliss-reactive ketones (excluding diaryl/α,β-unsaturated/α-hetero) is 1. The summed E-state index contributed by atoms with van der Waals surface area (Å²) in [5.41, 5.74) is 0. The first-order chi connectivity index (χ1) is 25.7. The van der Waals surface area contributed by atoms with Crippen LogP contribution in [0.2, 0.25) is 0 Å². The van der Waals surface area contributed by atoms with Crippen molar-refractivity contribution in [1.82, 2.24) is 10.6 Å². The monoisotopic (exact) mass is 753 g/mol. The van der Waals surface area contributed by atoms with Crippen molar-refractivity contribution in [1.29, 1.82) is 0 Å². The Hall–Kier alpha value is -1.51. The van der Waals surface area contributed by atoms with E-state index in [1.165, 1.54) is 89.9 Å². The molecule has 0 saturated carbocycles. The maximum Gasteiger partial charge on any atom is 0.222 e. The second kappa shape index (κ2) is 38.8. The summed E-state index contributed by atoms with van der Waals surface area (Å²) in [4.78, 5) is 37.7. The minimum Gasteiger partial charge on any atom is -0.393 e. The van der Waals surface area contributed by atoms with Gasteiger partial charge in [0.05, 0.1) is 24.7 Å². The smallest absolute Gasteiger partial charge is 0.222 e. The van der Waals surface area contributed by atoms with Crippen molar-refractivity contribution >= 4 is 17.6 Å². The fourth-order valence-electron chi connectivity index (χ4n) is 7.05. The molecule has 53 heavy (non-hydrogen) atoms. The van der Waals surface area contributed by atoms with E-state index >= 15 is 0 Å². The Morgan fingerprint density at radius 3 is 1.26 bits per heavy atom. The number of unbranched alkanes of at least 4 members (excludes halogenated alkanes) is 20. The number of nitrogens with one attached hydrogen (secondary N) is 2. The molecule has 5 N–H and O–H groups in total. The highest BCUT2D eigenvalue weighted by molar-refractivity contribution is 5.79. The highest BCUT2D eigenvalue weighted by atomic mass is 16.3. The van der Waals surface area contributed by atoms with Gasteiger partial charge in [-0.25, -0.2) is 0 Å². The molecule has 2 amide bonds. The number of ketones is 1. The molecule has 0 aliphatic heterocycles. The van der Waals surface area contributed by atoms with Crippen LogP contribution in [0.3, 0.4) is 0 Å². The maximum absolute atomic E-state index is 12.7. The number of hydrogen-bond donors (Lipinski definition) is 5. The first-order valence-corrected chi connectivity index (χ1v) is 22.8. The molecule has 0 spiro atoms. The topological polar surface area (TPSA) is 136 Å². The first kappa shape index (κ1) is 51.5. The van der Waals surface area contributed by atoms with Crippen LogP contribution >= 0.6 is 0 Å². The molecule has 0 aliphatic carbocycles. The Morgan fingerprint density at radius 1 is 0.434 bits per heavy atom. The Morgan fingerprint density at radius 2 is 0.830 bits per heavy atom. The van der Waals surface area contributed by atoms with Gasteiger partial charge in [-0.2, -0.15) is 0 Å². The summed E-state index contributed by atoms with van der Waals surface area (Å²) in [5, 5.41) is 36.1. The van der Waals surface area contributed by atoms with Gasteiger partial charge in [0.15, 0.2) is 0 Å². The van der Waals surface area contributed by atoms with Gasteiger partial charge in [0, 0.05) is 31.8 Å². The second-order valence-corrected chi connectivity index (χ2v) is 16.2. The van der Waals surface area contributed by atoms with Crippen molar-refractivity contribution in [2.75, 3.05) is 6.54 Å². The zero-order valence-corrected chi connectivity index (χ0v) is 35.1. The van der Waals surface area contributed by atoms with E-state index in [4.69, 9.17) is 0 Å². The lowest BCUT2D eigenvalue weighted by Crippen LogP contribution is -2.44. The summed E-state index contributed by atoms with van der Waals surface area (Å²) in [7, 11) is 0. The van der Waals surface area contributed by atoms with Gasteiger partial charge >= 0.3 is 0 Å². The zero-order valence-electron chi connectivity index (χ0n) is 35.1. The largest absolute Gasteiger partial charge is 0.393 e. The number of rotatable bonds is 41. The number of carbonyl (C=O) groups excluding carboxylic acids is 3. The summed E-state index contributed by atoms with van der Waals surface area (Å²) < 4.78 is 0. The van der Waals surface area contributed by atoms with E-state index < -0.39 is 6.10 Å². The molecular weight excluding hydrogens is 665 g/mol. The molecular formula is C45H88N2O6.